The van der Waals surface area contributed by atoms with Gasteiger partial charge in [-0.15, -0.1) is 5.10 Å². The first-order valence-electron chi connectivity index (χ1n) is 8.60. The summed E-state index contributed by atoms with van der Waals surface area (Å²) in [5.74, 6) is 1.27. The standard InChI is InChI=1S/C20H19N5OS/c1-13-4-7-17(8-5-13)25-20(22-23-24-25)27-12-16-11-26-19(21-16)18-9-6-14(2)10-15(18)3/h4-11H,12H2,1-3H3. The Labute approximate surface area is 161 Å². The Bertz CT molecular complexity index is 1070. The van der Waals surface area contributed by atoms with Crippen LogP contribution in [0.5, 0.6) is 0 Å². The number of rotatable bonds is 5. The maximum absolute atomic E-state index is 5.69. The van der Waals surface area contributed by atoms with Gasteiger partial charge in [-0.05, 0) is 55.0 Å². The highest BCUT2D eigenvalue weighted by Gasteiger charge is 2.13. The van der Waals surface area contributed by atoms with E-state index >= 15 is 0 Å². The molecule has 0 aliphatic heterocycles. The molecule has 4 aromatic rings. The summed E-state index contributed by atoms with van der Waals surface area (Å²) in [5.41, 5.74) is 6.38. The summed E-state index contributed by atoms with van der Waals surface area (Å²) in [6.45, 7) is 6.19. The van der Waals surface area contributed by atoms with Crippen LogP contribution in [-0.2, 0) is 5.75 Å². The van der Waals surface area contributed by atoms with Crippen LogP contribution in [-0.4, -0.2) is 25.2 Å². The van der Waals surface area contributed by atoms with Crippen molar-refractivity contribution in [3.05, 3.63) is 71.1 Å². The van der Waals surface area contributed by atoms with Crippen LogP contribution in [0.4, 0.5) is 0 Å². The van der Waals surface area contributed by atoms with Crippen molar-refractivity contribution in [3.8, 4) is 17.1 Å². The van der Waals surface area contributed by atoms with Gasteiger partial charge in [-0.1, -0.05) is 47.2 Å². The Morgan fingerprint density at radius 1 is 1.00 bits per heavy atom. The predicted molar refractivity (Wildman–Crippen MR) is 105 cm³/mol. The Morgan fingerprint density at radius 3 is 2.56 bits per heavy atom. The minimum absolute atomic E-state index is 0.626. The number of nitrogens with zero attached hydrogens (tertiary/aromatic N) is 5. The molecule has 6 nitrogen and oxygen atoms in total. The first-order chi connectivity index (χ1) is 13.1. The highest BCUT2D eigenvalue weighted by molar-refractivity contribution is 7.98. The molecule has 2 aromatic heterocycles. The molecule has 0 N–H and O–H groups in total. The molecule has 0 saturated carbocycles. The average molecular weight is 377 g/mol. The molecule has 0 bridgehead atoms. The summed E-state index contributed by atoms with van der Waals surface area (Å²) in [6.07, 6.45) is 1.70. The van der Waals surface area contributed by atoms with Crippen LogP contribution in [0.25, 0.3) is 17.1 Å². The lowest BCUT2D eigenvalue weighted by molar-refractivity contribution is 0.573. The summed E-state index contributed by atoms with van der Waals surface area (Å²) < 4.78 is 7.42. The van der Waals surface area contributed by atoms with E-state index in [1.807, 2.05) is 30.3 Å². The molecular formula is C20H19N5OS. The van der Waals surface area contributed by atoms with Gasteiger partial charge in [0.15, 0.2) is 0 Å². The van der Waals surface area contributed by atoms with Crippen LogP contribution in [0, 0.1) is 20.8 Å². The van der Waals surface area contributed by atoms with Crippen molar-refractivity contribution in [2.45, 2.75) is 31.7 Å². The zero-order chi connectivity index (χ0) is 18.8. The highest BCUT2D eigenvalue weighted by atomic mass is 32.2. The molecule has 4 rings (SSSR count). The van der Waals surface area contributed by atoms with Gasteiger partial charge in [-0.25, -0.2) is 4.98 Å². The maximum Gasteiger partial charge on any atom is 0.226 e. The summed E-state index contributed by atoms with van der Waals surface area (Å²) in [4.78, 5) is 4.62. The second kappa shape index (κ2) is 7.36. The summed E-state index contributed by atoms with van der Waals surface area (Å²) in [5, 5.41) is 12.7. The smallest absolute Gasteiger partial charge is 0.226 e. The lowest BCUT2D eigenvalue weighted by Gasteiger charge is -2.03. The maximum atomic E-state index is 5.69. The third-order valence-electron chi connectivity index (χ3n) is 4.23. The fraction of sp³-hybridized carbons (Fsp3) is 0.200. The molecule has 0 unspecified atom stereocenters. The number of tetrazole rings is 1. The van der Waals surface area contributed by atoms with E-state index in [1.165, 1.54) is 22.9 Å². The van der Waals surface area contributed by atoms with E-state index < -0.39 is 0 Å². The number of hydrogen-bond donors (Lipinski definition) is 0. The van der Waals surface area contributed by atoms with Gasteiger partial charge in [0.2, 0.25) is 11.0 Å². The van der Waals surface area contributed by atoms with Crippen molar-refractivity contribution in [1.82, 2.24) is 25.2 Å². The molecule has 2 heterocycles. The third kappa shape index (κ3) is 3.78. The fourth-order valence-corrected chi connectivity index (χ4v) is 3.57. The van der Waals surface area contributed by atoms with Crippen LogP contribution < -0.4 is 0 Å². The molecule has 0 fully saturated rings. The van der Waals surface area contributed by atoms with E-state index in [9.17, 15) is 0 Å². The molecule has 0 amide bonds. The molecule has 0 aliphatic carbocycles. The van der Waals surface area contributed by atoms with Gasteiger partial charge < -0.3 is 4.42 Å². The SMILES string of the molecule is Cc1ccc(-n2nnnc2SCc2coc(-c3ccc(C)cc3C)n2)cc1. The van der Waals surface area contributed by atoms with Crippen molar-refractivity contribution in [1.29, 1.82) is 0 Å². The largest absolute Gasteiger partial charge is 0.444 e. The Morgan fingerprint density at radius 2 is 1.78 bits per heavy atom. The summed E-state index contributed by atoms with van der Waals surface area (Å²) in [7, 11) is 0. The Hall–Kier alpha value is -2.93. The van der Waals surface area contributed by atoms with Gasteiger partial charge in [-0.2, -0.15) is 4.68 Å². The number of aromatic nitrogens is 5. The molecule has 0 saturated heterocycles. The van der Waals surface area contributed by atoms with Gasteiger partial charge in [0.05, 0.1) is 11.4 Å². The van der Waals surface area contributed by atoms with E-state index in [1.54, 1.807) is 10.9 Å². The molecule has 0 atom stereocenters. The zero-order valence-corrected chi connectivity index (χ0v) is 16.2. The van der Waals surface area contributed by atoms with E-state index in [-0.39, 0.29) is 0 Å². The van der Waals surface area contributed by atoms with Crippen LogP contribution >= 0.6 is 11.8 Å². The van der Waals surface area contributed by atoms with Crippen molar-refractivity contribution in [2.75, 3.05) is 0 Å². The Balaban J connectivity index is 1.50. The number of thioether (sulfide) groups is 1. The quantitative estimate of drug-likeness (QED) is 0.476. The van der Waals surface area contributed by atoms with E-state index in [0.29, 0.717) is 11.6 Å². The van der Waals surface area contributed by atoms with Crippen LogP contribution in [0.15, 0.2) is 58.3 Å². The number of oxazole rings is 1. The zero-order valence-electron chi connectivity index (χ0n) is 15.4. The van der Waals surface area contributed by atoms with Crippen molar-refractivity contribution < 1.29 is 4.42 Å². The fourth-order valence-electron chi connectivity index (χ4n) is 2.81. The van der Waals surface area contributed by atoms with Gasteiger partial charge in [0, 0.05) is 11.3 Å². The number of hydrogen-bond acceptors (Lipinski definition) is 6. The normalized spacial score (nSPS) is 11.1. The van der Waals surface area contributed by atoms with Crippen LogP contribution in [0.3, 0.4) is 0 Å². The minimum Gasteiger partial charge on any atom is -0.444 e. The first kappa shape index (κ1) is 17.5. The highest BCUT2D eigenvalue weighted by Crippen LogP contribution is 2.27. The molecule has 27 heavy (non-hydrogen) atoms. The minimum atomic E-state index is 0.626. The predicted octanol–water partition coefficient (Wildman–Crippen LogP) is 4.53. The van der Waals surface area contributed by atoms with E-state index in [0.717, 1.165) is 27.7 Å². The third-order valence-corrected chi connectivity index (χ3v) is 5.19. The van der Waals surface area contributed by atoms with Crippen molar-refractivity contribution in [2.24, 2.45) is 0 Å². The van der Waals surface area contributed by atoms with Gasteiger partial charge in [0.25, 0.3) is 0 Å². The first-order valence-corrected chi connectivity index (χ1v) is 9.59. The van der Waals surface area contributed by atoms with Crippen molar-refractivity contribution >= 4 is 11.8 Å². The second-order valence-electron chi connectivity index (χ2n) is 6.46. The Kier molecular flexibility index (Phi) is 4.77. The van der Waals surface area contributed by atoms with Gasteiger partial charge in [0.1, 0.15) is 6.26 Å². The molecule has 7 heteroatoms. The average Bonchev–Trinajstić information content (AvgIpc) is 3.30. The van der Waals surface area contributed by atoms with Crippen LogP contribution in [0.2, 0.25) is 0 Å². The molecular weight excluding hydrogens is 358 g/mol. The summed E-state index contributed by atoms with van der Waals surface area (Å²) in [6, 6.07) is 14.3. The topological polar surface area (TPSA) is 69.6 Å². The lowest BCUT2D eigenvalue weighted by Crippen LogP contribution is -1.99. The lowest BCUT2D eigenvalue weighted by atomic mass is 10.1. The van der Waals surface area contributed by atoms with Crippen molar-refractivity contribution in [3.63, 3.8) is 0 Å². The van der Waals surface area contributed by atoms with Gasteiger partial charge in [-0.3, -0.25) is 0 Å². The van der Waals surface area contributed by atoms with Crippen LogP contribution in [0.1, 0.15) is 22.4 Å². The second-order valence-corrected chi connectivity index (χ2v) is 7.40. The molecule has 136 valence electrons. The van der Waals surface area contributed by atoms with E-state index in [4.69, 9.17) is 4.42 Å². The van der Waals surface area contributed by atoms with E-state index in [2.05, 4.69) is 53.4 Å². The monoisotopic (exact) mass is 377 g/mol. The summed E-state index contributed by atoms with van der Waals surface area (Å²) >= 11 is 1.53. The number of aryl methyl sites for hydroxylation is 3. The number of benzene rings is 2. The van der Waals surface area contributed by atoms with Gasteiger partial charge >= 0.3 is 0 Å². The molecule has 0 spiro atoms. The molecule has 2 aromatic carbocycles. The molecule has 0 radical (unpaired) electrons. The molecule has 0 aliphatic rings.